The smallest absolute Gasteiger partial charge is 0.130 e. The fourth-order valence-electron chi connectivity index (χ4n) is 1.01. The third-order valence-corrected chi connectivity index (χ3v) is 13.3. The van der Waals surface area contributed by atoms with E-state index in [1.54, 1.807) is 98.8 Å². The van der Waals surface area contributed by atoms with E-state index in [9.17, 15) is 0 Å². The molecule has 0 aliphatic carbocycles. The Bertz CT molecular complexity index is 593. The summed E-state index contributed by atoms with van der Waals surface area (Å²) in [6, 6.07) is 0. The van der Waals surface area contributed by atoms with Crippen LogP contribution < -0.4 is 0 Å². The molecule has 21 heavy (non-hydrogen) atoms. The average molecular weight is 445 g/mol. The maximum Gasteiger partial charge on any atom is 0.186 e. The standard InChI is InChI=1S/C6N6S9/c7-1-13-2(8-7)18-19-5-11-12-6(15-5)21-20-4-10-9-3(14-4)17-16-1. The first-order valence-electron chi connectivity index (χ1n) is 4.89. The molecule has 0 radical (unpaired) electrons. The molecule has 6 bridgehead atoms. The summed E-state index contributed by atoms with van der Waals surface area (Å²) in [5, 5.41) is 25.0. The topological polar surface area (TPSA) is 77.3 Å². The van der Waals surface area contributed by atoms with Crippen LogP contribution in [0.5, 0.6) is 0 Å². The Kier molecular flexibility index (Phi) is 5.20. The van der Waals surface area contributed by atoms with Crippen molar-refractivity contribution in [3.8, 4) is 0 Å². The summed E-state index contributed by atoms with van der Waals surface area (Å²) in [7, 11) is 9.37. The number of hydrogen-bond acceptors (Lipinski definition) is 15. The van der Waals surface area contributed by atoms with Crippen molar-refractivity contribution in [2.75, 3.05) is 0 Å². The van der Waals surface area contributed by atoms with Crippen molar-refractivity contribution < 1.29 is 0 Å². The van der Waals surface area contributed by atoms with Gasteiger partial charge in [-0.15, -0.1) is 30.6 Å². The highest BCUT2D eigenvalue weighted by Gasteiger charge is 2.14. The van der Waals surface area contributed by atoms with E-state index in [4.69, 9.17) is 0 Å². The van der Waals surface area contributed by atoms with Gasteiger partial charge in [0.2, 0.25) is 0 Å². The van der Waals surface area contributed by atoms with Crippen LogP contribution in [0.1, 0.15) is 0 Å². The number of fused-ring (bicyclic) bond motifs is 6. The van der Waals surface area contributed by atoms with E-state index in [0.717, 1.165) is 26.0 Å². The molecule has 0 fully saturated rings. The number of aromatic nitrogens is 6. The number of rotatable bonds is 0. The van der Waals surface area contributed by atoms with E-state index in [-0.39, 0.29) is 0 Å². The van der Waals surface area contributed by atoms with Crippen LogP contribution in [0.3, 0.4) is 0 Å². The van der Waals surface area contributed by atoms with Crippen molar-refractivity contribution in [2.45, 2.75) is 26.0 Å². The Morgan fingerprint density at radius 3 is 0.714 bits per heavy atom. The molecule has 0 saturated carbocycles. The van der Waals surface area contributed by atoms with Crippen molar-refractivity contribution in [1.82, 2.24) is 30.6 Å². The summed E-state index contributed by atoms with van der Waals surface area (Å²) >= 11 is 4.70. The molecular formula is C6N6S9. The van der Waals surface area contributed by atoms with Crippen LogP contribution in [-0.4, -0.2) is 30.6 Å². The van der Waals surface area contributed by atoms with Crippen LogP contribution in [0.25, 0.3) is 0 Å². The largest absolute Gasteiger partial charge is 0.186 e. The van der Waals surface area contributed by atoms with Gasteiger partial charge in [0, 0.05) is 0 Å². The quantitative estimate of drug-likeness (QED) is 0.440. The summed E-state index contributed by atoms with van der Waals surface area (Å²) in [6.45, 7) is 0. The van der Waals surface area contributed by atoms with Crippen LogP contribution in [0, 0.1) is 0 Å². The molecular weight excluding hydrogens is 445 g/mol. The van der Waals surface area contributed by atoms with E-state index in [1.165, 1.54) is 0 Å². The minimum atomic E-state index is 0.912. The van der Waals surface area contributed by atoms with Crippen LogP contribution in [-0.2, 0) is 0 Å². The van der Waals surface area contributed by atoms with Crippen LogP contribution in [0.2, 0.25) is 0 Å². The molecule has 4 rings (SSSR count). The highest BCUT2D eigenvalue weighted by atomic mass is 33.1. The first kappa shape index (κ1) is 15.3. The molecule has 0 N–H and O–H groups in total. The molecule has 15 heteroatoms. The summed E-state index contributed by atoms with van der Waals surface area (Å²) < 4.78 is 5.47. The minimum Gasteiger partial charge on any atom is -0.130 e. The van der Waals surface area contributed by atoms with Crippen molar-refractivity contribution in [2.24, 2.45) is 0 Å². The molecule has 108 valence electrons. The summed E-state index contributed by atoms with van der Waals surface area (Å²) in [5.74, 6) is 0. The molecule has 0 unspecified atom stereocenters. The third-order valence-electron chi connectivity index (χ3n) is 1.72. The van der Waals surface area contributed by atoms with Gasteiger partial charge in [-0.2, -0.15) is 0 Å². The Morgan fingerprint density at radius 1 is 0.333 bits per heavy atom. The lowest BCUT2D eigenvalue weighted by Crippen LogP contribution is -1.71. The Balaban J connectivity index is 1.62. The lowest BCUT2D eigenvalue weighted by molar-refractivity contribution is 0.954. The molecule has 0 saturated heterocycles. The van der Waals surface area contributed by atoms with Crippen LogP contribution in [0.15, 0.2) is 26.0 Å². The molecule has 0 amide bonds. The molecule has 0 atom stereocenters. The highest BCUT2D eigenvalue weighted by molar-refractivity contribution is 8.79. The summed E-state index contributed by atoms with van der Waals surface area (Å²) in [4.78, 5) is 0. The maximum absolute atomic E-state index is 4.16. The first-order valence-corrected chi connectivity index (χ1v) is 13.8. The third kappa shape index (κ3) is 4.00. The van der Waals surface area contributed by atoms with Gasteiger partial charge in [0.15, 0.2) is 26.0 Å². The van der Waals surface area contributed by atoms with E-state index in [1.807, 2.05) is 0 Å². The van der Waals surface area contributed by atoms with Gasteiger partial charge in [-0.1, -0.05) is 34.0 Å². The Morgan fingerprint density at radius 2 is 0.524 bits per heavy atom. The highest BCUT2D eigenvalue weighted by Crippen LogP contribution is 2.48. The molecule has 0 spiro atoms. The van der Waals surface area contributed by atoms with Gasteiger partial charge < -0.3 is 0 Å². The maximum atomic E-state index is 4.16. The lowest BCUT2D eigenvalue weighted by Gasteiger charge is -1.89. The van der Waals surface area contributed by atoms with E-state index in [0.29, 0.717) is 0 Å². The molecule has 3 aromatic rings. The minimum absolute atomic E-state index is 0.912. The average Bonchev–Trinajstić information content (AvgIpc) is 3.21. The van der Waals surface area contributed by atoms with E-state index in [2.05, 4.69) is 30.6 Å². The second-order valence-electron chi connectivity index (χ2n) is 3.00. The molecule has 3 aromatic heterocycles. The van der Waals surface area contributed by atoms with Gasteiger partial charge in [-0.25, -0.2) is 0 Å². The summed E-state index contributed by atoms with van der Waals surface area (Å²) in [6.07, 6.45) is 0. The fourth-order valence-corrected chi connectivity index (χ4v) is 11.1. The monoisotopic (exact) mass is 444 g/mol. The van der Waals surface area contributed by atoms with Gasteiger partial charge in [-0.05, 0) is 64.8 Å². The van der Waals surface area contributed by atoms with Crippen LogP contribution >= 0.6 is 98.8 Å². The number of nitrogens with zero attached hydrogens (tertiary/aromatic N) is 6. The second-order valence-corrected chi connectivity index (χ2v) is 13.8. The lowest BCUT2D eigenvalue weighted by atomic mass is 11.6. The van der Waals surface area contributed by atoms with Gasteiger partial charge in [0.1, 0.15) is 0 Å². The zero-order chi connectivity index (χ0) is 14.1. The molecule has 6 nitrogen and oxygen atoms in total. The van der Waals surface area contributed by atoms with E-state index >= 15 is 0 Å². The van der Waals surface area contributed by atoms with E-state index < -0.39 is 0 Å². The predicted molar refractivity (Wildman–Crippen MR) is 94.9 cm³/mol. The van der Waals surface area contributed by atoms with Gasteiger partial charge in [0.05, 0.1) is 0 Å². The van der Waals surface area contributed by atoms with Crippen molar-refractivity contribution in [3.63, 3.8) is 0 Å². The van der Waals surface area contributed by atoms with Crippen molar-refractivity contribution >= 4 is 98.8 Å². The zero-order valence-corrected chi connectivity index (χ0v) is 16.7. The molecule has 0 aromatic carbocycles. The normalized spacial score (nSPS) is 15.4. The molecule has 1 aliphatic rings. The van der Waals surface area contributed by atoms with Crippen LogP contribution in [0.4, 0.5) is 0 Å². The summed E-state index contributed by atoms with van der Waals surface area (Å²) in [5.41, 5.74) is 0. The Labute approximate surface area is 154 Å². The van der Waals surface area contributed by atoms with Gasteiger partial charge >= 0.3 is 0 Å². The zero-order valence-electron chi connectivity index (χ0n) is 9.36. The molecule has 4 heterocycles. The Hall–Kier alpha value is 0.780. The fraction of sp³-hybridized carbons (Fsp3) is 0. The van der Waals surface area contributed by atoms with Crippen molar-refractivity contribution in [3.05, 3.63) is 0 Å². The van der Waals surface area contributed by atoms with Gasteiger partial charge in [-0.3, -0.25) is 0 Å². The first-order chi connectivity index (χ1) is 10.3. The number of hydrogen-bond donors (Lipinski definition) is 0. The van der Waals surface area contributed by atoms with Gasteiger partial charge in [0.25, 0.3) is 0 Å². The predicted octanol–water partition coefficient (Wildman–Crippen LogP) is 4.95. The molecule has 1 aliphatic heterocycles. The SMILES string of the molecule is n1nc2sc1SSc1nnc(s1)SSc1nnc(s1)SS2. The second kappa shape index (κ2) is 7.12. The van der Waals surface area contributed by atoms with Crippen molar-refractivity contribution in [1.29, 1.82) is 0 Å².